The Hall–Kier alpha value is -1.10. The van der Waals surface area contributed by atoms with Crippen molar-refractivity contribution in [3.63, 3.8) is 0 Å². The van der Waals surface area contributed by atoms with Crippen LogP contribution in [0.2, 0.25) is 0 Å². The second-order valence-electron chi connectivity index (χ2n) is 2.77. The fourth-order valence-electron chi connectivity index (χ4n) is 1.20. The lowest BCUT2D eigenvalue weighted by molar-refractivity contribution is 0.104. The summed E-state index contributed by atoms with van der Waals surface area (Å²) < 4.78 is 0. The second kappa shape index (κ2) is 4.82. The van der Waals surface area contributed by atoms with E-state index in [0.29, 0.717) is 0 Å². The van der Waals surface area contributed by atoms with Gasteiger partial charge < -0.3 is 5.73 Å². The molecule has 0 aliphatic carbocycles. The van der Waals surface area contributed by atoms with Gasteiger partial charge in [-0.1, -0.05) is 0 Å². The quantitative estimate of drug-likeness (QED) is 0.681. The molecule has 0 atom stereocenters. The van der Waals surface area contributed by atoms with Crippen LogP contribution in [0.15, 0.2) is 12.1 Å². The fraction of sp³-hybridized carbons (Fsp3) is 0. The molecule has 0 saturated heterocycles. The zero-order chi connectivity index (χ0) is 12.5. The van der Waals surface area contributed by atoms with Crippen LogP contribution in [-0.2, 0) is 0 Å². The van der Waals surface area contributed by atoms with E-state index in [1.807, 2.05) is 0 Å². The van der Waals surface area contributed by atoms with Crippen molar-refractivity contribution in [1.82, 2.24) is 0 Å². The Balaban J connectivity index is 3.70. The van der Waals surface area contributed by atoms with Crippen LogP contribution < -0.4 is 5.73 Å². The monoisotopic (exact) mass is 279 g/mol. The summed E-state index contributed by atoms with van der Waals surface area (Å²) in [5.74, 6) is 0. The number of hydrogen-bond acceptors (Lipinski definition) is 4. The third-order valence-electron chi connectivity index (χ3n) is 1.84. The summed E-state index contributed by atoms with van der Waals surface area (Å²) in [5, 5.41) is -2.94. The van der Waals surface area contributed by atoms with Crippen LogP contribution in [0.1, 0.15) is 31.1 Å². The van der Waals surface area contributed by atoms with E-state index in [9.17, 15) is 14.4 Å². The smallest absolute Gasteiger partial charge is 0.255 e. The summed E-state index contributed by atoms with van der Waals surface area (Å²) in [6, 6.07) is 2.44. The van der Waals surface area contributed by atoms with Crippen molar-refractivity contribution in [2.45, 2.75) is 0 Å². The van der Waals surface area contributed by atoms with Gasteiger partial charge in [0.25, 0.3) is 15.7 Å². The highest BCUT2D eigenvalue weighted by Gasteiger charge is 2.24. The minimum Gasteiger partial charge on any atom is -0.398 e. The number of carbonyl (C=O) groups is 3. The van der Waals surface area contributed by atoms with Crippen molar-refractivity contribution in [2.24, 2.45) is 0 Å². The molecule has 0 aliphatic rings. The molecule has 16 heavy (non-hydrogen) atoms. The minimum absolute atomic E-state index is 0.0503. The van der Waals surface area contributed by atoms with Gasteiger partial charge in [-0.2, -0.15) is 0 Å². The molecular formula is C9H4Cl3NO3. The maximum Gasteiger partial charge on any atom is 0.255 e. The zero-order valence-corrected chi connectivity index (χ0v) is 9.86. The average Bonchev–Trinajstić information content (AvgIpc) is 2.15. The first kappa shape index (κ1) is 13.0. The van der Waals surface area contributed by atoms with Crippen molar-refractivity contribution >= 4 is 56.2 Å². The van der Waals surface area contributed by atoms with Crippen LogP contribution >= 0.6 is 34.8 Å². The first-order valence-electron chi connectivity index (χ1n) is 3.88. The number of benzene rings is 1. The highest BCUT2D eigenvalue weighted by molar-refractivity contribution is 6.74. The molecule has 0 bridgehead atoms. The lowest BCUT2D eigenvalue weighted by atomic mass is 10.0. The Morgan fingerprint density at radius 3 is 1.75 bits per heavy atom. The van der Waals surface area contributed by atoms with E-state index in [1.165, 1.54) is 12.1 Å². The highest BCUT2D eigenvalue weighted by Crippen LogP contribution is 2.26. The molecular weight excluding hydrogens is 276 g/mol. The Labute approximate surface area is 105 Å². The van der Waals surface area contributed by atoms with E-state index in [4.69, 9.17) is 40.5 Å². The normalized spacial score (nSPS) is 9.94. The predicted octanol–water partition coefficient (Wildman–Crippen LogP) is 2.41. The van der Waals surface area contributed by atoms with E-state index >= 15 is 0 Å². The zero-order valence-electron chi connectivity index (χ0n) is 7.59. The molecule has 0 unspecified atom stereocenters. The Morgan fingerprint density at radius 2 is 1.38 bits per heavy atom. The van der Waals surface area contributed by atoms with Gasteiger partial charge in [-0.3, -0.25) is 14.4 Å². The summed E-state index contributed by atoms with van der Waals surface area (Å²) in [7, 11) is 0. The summed E-state index contributed by atoms with van der Waals surface area (Å²) >= 11 is 15.7. The van der Waals surface area contributed by atoms with Crippen LogP contribution in [0, 0.1) is 0 Å². The average molecular weight is 280 g/mol. The van der Waals surface area contributed by atoms with Crippen LogP contribution in [0.5, 0.6) is 0 Å². The molecule has 0 aliphatic heterocycles. The van der Waals surface area contributed by atoms with Crippen molar-refractivity contribution < 1.29 is 14.4 Å². The molecule has 7 heteroatoms. The molecule has 2 N–H and O–H groups in total. The maximum atomic E-state index is 11.1. The fourth-order valence-corrected chi connectivity index (χ4v) is 1.76. The molecule has 0 heterocycles. The van der Waals surface area contributed by atoms with Crippen molar-refractivity contribution in [2.75, 3.05) is 5.73 Å². The Morgan fingerprint density at radius 1 is 0.875 bits per heavy atom. The first-order chi connectivity index (χ1) is 7.36. The summed E-state index contributed by atoms with van der Waals surface area (Å²) in [4.78, 5) is 33.2. The molecule has 0 spiro atoms. The van der Waals surface area contributed by atoms with Gasteiger partial charge in [0.1, 0.15) is 0 Å². The van der Waals surface area contributed by atoms with E-state index in [1.54, 1.807) is 0 Å². The minimum atomic E-state index is -1.03. The van der Waals surface area contributed by atoms with Gasteiger partial charge in [0.15, 0.2) is 0 Å². The highest BCUT2D eigenvalue weighted by atomic mass is 35.5. The molecule has 1 rings (SSSR count). The van der Waals surface area contributed by atoms with Crippen molar-refractivity contribution in [3.05, 3.63) is 28.8 Å². The molecule has 0 aromatic heterocycles. The number of halogens is 3. The van der Waals surface area contributed by atoms with Gasteiger partial charge in [-0.05, 0) is 46.9 Å². The van der Waals surface area contributed by atoms with Gasteiger partial charge in [-0.25, -0.2) is 0 Å². The standard InChI is InChI=1S/C9H4Cl3NO3/c10-7(14)3-1-2-4(13)6(9(12)16)5(3)8(11)15/h1-2H,13H2. The first-order valence-corrected chi connectivity index (χ1v) is 5.01. The van der Waals surface area contributed by atoms with Crippen molar-refractivity contribution in [1.29, 1.82) is 0 Å². The molecule has 4 nitrogen and oxygen atoms in total. The third-order valence-corrected chi connectivity index (χ3v) is 2.42. The van der Waals surface area contributed by atoms with Gasteiger partial charge in [0, 0.05) is 11.3 Å². The largest absolute Gasteiger partial charge is 0.398 e. The summed E-state index contributed by atoms with van der Waals surface area (Å²) in [6.07, 6.45) is 0. The van der Waals surface area contributed by atoms with Crippen LogP contribution in [0.25, 0.3) is 0 Å². The summed E-state index contributed by atoms with van der Waals surface area (Å²) in [6.45, 7) is 0. The lowest BCUT2D eigenvalue weighted by Crippen LogP contribution is -2.11. The topological polar surface area (TPSA) is 77.2 Å². The number of anilines is 1. The number of nitrogens with two attached hydrogens (primary N) is 1. The predicted molar refractivity (Wildman–Crippen MR) is 61.4 cm³/mol. The van der Waals surface area contributed by atoms with Gasteiger partial charge in [0.05, 0.1) is 11.1 Å². The molecule has 0 radical (unpaired) electrons. The molecule has 84 valence electrons. The Bertz CT molecular complexity index is 499. The van der Waals surface area contributed by atoms with Crippen LogP contribution in [-0.4, -0.2) is 15.7 Å². The van der Waals surface area contributed by atoms with Crippen molar-refractivity contribution in [3.8, 4) is 0 Å². The molecule has 0 amide bonds. The molecule has 0 fully saturated rings. The van der Waals surface area contributed by atoms with Crippen LogP contribution in [0.3, 0.4) is 0 Å². The number of nitrogen functional groups attached to an aromatic ring is 1. The molecule has 1 aromatic carbocycles. The second-order valence-corrected chi connectivity index (χ2v) is 3.80. The van der Waals surface area contributed by atoms with Gasteiger partial charge in [0.2, 0.25) is 0 Å². The van der Waals surface area contributed by atoms with E-state index in [2.05, 4.69) is 0 Å². The van der Waals surface area contributed by atoms with Crippen LogP contribution in [0.4, 0.5) is 5.69 Å². The molecule has 1 aromatic rings. The lowest BCUT2D eigenvalue weighted by Gasteiger charge is -2.08. The summed E-state index contributed by atoms with van der Waals surface area (Å²) in [5.41, 5.74) is 4.51. The number of hydrogen-bond donors (Lipinski definition) is 1. The number of rotatable bonds is 3. The van der Waals surface area contributed by atoms with E-state index in [0.717, 1.165) is 0 Å². The number of carbonyl (C=O) groups excluding carboxylic acids is 3. The maximum absolute atomic E-state index is 11.1. The molecule has 0 saturated carbocycles. The SMILES string of the molecule is Nc1ccc(C(=O)Cl)c(C(=O)Cl)c1C(=O)Cl. The van der Waals surface area contributed by atoms with Gasteiger partial charge in [-0.15, -0.1) is 0 Å². The van der Waals surface area contributed by atoms with Gasteiger partial charge >= 0.3 is 0 Å². The van der Waals surface area contributed by atoms with E-state index < -0.39 is 15.7 Å². The third kappa shape index (κ3) is 2.35. The van der Waals surface area contributed by atoms with E-state index in [-0.39, 0.29) is 22.4 Å². The Kier molecular flexibility index (Phi) is 3.91.